The average Bonchev–Trinajstić information content (AvgIpc) is 2.80. The number of para-hydroxylation sites is 1. The van der Waals surface area contributed by atoms with Gasteiger partial charge in [-0.2, -0.15) is 5.26 Å². The van der Waals surface area contributed by atoms with Crippen molar-refractivity contribution in [2.75, 3.05) is 28.7 Å². The molecule has 0 radical (unpaired) electrons. The third kappa shape index (κ3) is 4.16. The fraction of sp³-hybridized carbons (Fsp3) is 0.174. The number of hydrogen-bond acceptors (Lipinski definition) is 4. The predicted octanol–water partition coefficient (Wildman–Crippen LogP) is 5.50. The van der Waals surface area contributed by atoms with E-state index in [1.165, 1.54) is 23.1 Å². The van der Waals surface area contributed by atoms with E-state index < -0.39 is 11.8 Å². The second-order valence-electron chi connectivity index (χ2n) is 7.17. The van der Waals surface area contributed by atoms with Crippen molar-refractivity contribution in [3.05, 3.63) is 76.7 Å². The van der Waals surface area contributed by atoms with Crippen LogP contribution in [-0.4, -0.2) is 24.6 Å². The molecule has 0 saturated heterocycles. The highest BCUT2D eigenvalue weighted by Gasteiger charge is 2.21. The monoisotopic (exact) mass is 435 g/mol. The molecule has 1 aliphatic rings. The molecule has 1 aliphatic heterocycles. The predicted molar refractivity (Wildman–Crippen MR) is 120 cm³/mol. The second kappa shape index (κ2) is 8.62. The van der Waals surface area contributed by atoms with Crippen molar-refractivity contribution in [2.45, 2.75) is 12.8 Å². The summed E-state index contributed by atoms with van der Waals surface area (Å²) in [4.78, 5) is 20.6. The SMILES string of the molecule is CN(C(=O)Nc1c(F)cccc1Cl)c1ccnc(N2CCCc3ccc(C#N)cc32)c1. The quantitative estimate of drug-likeness (QED) is 0.589. The van der Waals surface area contributed by atoms with E-state index in [-0.39, 0.29) is 10.7 Å². The van der Waals surface area contributed by atoms with E-state index in [1.807, 2.05) is 23.1 Å². The topological polar surface area (TPSA) is 72.3 Å². The van der Waals surface area contributed by atoms with Crippen LogP contribution in [0.15, 0.2) is 54.7 Å². The molecule has 0 saturated carbocycles. The van der Waals surface area contributed by atoms with Gasteiger partial charge in [-0.3, -0.25) is 4.90 Å². The molecule has 1 aromatic heterocycles. The first-order valence-corrected chi connectivity index (χ1v) is 10.1. The Morgan fingerprint density at radius 2 is 2.13 bits per heavy atom. The van der Waals surface area contributed by atoms with Gasteiger partial charge < -0.3 is 10.2 Å². The molecule has 1 N–H and O–H groups in total. The number of nitrogens with one attached hydrogen (secondary N) is 1. The fourth-order valence-corrected chi connectivity index (χ4v) is 3.78. The van der Waals surface area contributed by atoms with Crippen molar-refractivity contribution >= 4 is 40.5 Å². The van der Waals surface area contributed by atoms with Gasteiger partial charge in [0.15, 0.2) is 0 Å². The number of pyridine rings is 1. The number of fused-ring (bicyclic) bond motifs is 1. The van der Waals surface area contributed by atoms with E-state index in [4.69, 9.17) is 11.6 Å². The zero-order valence-corrected chi connectivity index (χ0v) is 17.5. The van der Waals surface area contributed by atoms with Gasteiger partial charge >= 0.3 is 6.03 Å². The highest BCUT2D eigenvalue weighted by molar-refractivity contribution is 6.33. The van der Waals surface area contributed by atoms with E-state index in [0.29, 0.717) is 17.1 Å². The van der Waals surface area contributed by atoms with Crippen LogP contribution in [0.4, 0.5) is 32.1 Å². The third-order valence-electron chi connectivity index (χ3n) is 5.23. The summed E-state index contributed by atoms with van der Waals surface area (Å²) in [5, 5.41) is 11.9. The number of amides is 2. The summed E-state index contributed by atoms with van der Waals surface area (Å²) in [5.41, 5.74) is 3.20. The Labute approximate surface area is 184 Å². The van der Waals surface area contributed by atoms with Gasteiger partial charge in [-0.15, -0.1) is 0 Å². The zero-order chi connectivity index (χ0) is 22.0. The molecule has 0 bridgehead atoms. The summed E-state index contributed by atoms with van der Waals surface area (Å²) < 4.78 is 14.0. The van der Waals surface area contributed by atoms with Crippen molar-refractivity contribution in [1.29, 1.82) is 5.26 Å². The Kier molecular flexibility index (Phi) is 5.74. The lowest BCUT2D eigenvalue weighted by Gasteiger charge is -2.31. The number of rotatable bonds is 3. The molecule has 0 aliphatic carbocycles. The Balaban J connectivity index is 1.61. The fourth-order valence-electron chi connectivity index (χ4n) is 3.57. The number of aromatic nitrogens is 1. The molecule has 8 heteroatoms. The van der Waals surface area contributed by atoms with Crippen molar-refractivity contribution in [3.8, 4) is 6.07 Å². The van der Waals surface area contributed by atoms with Crippen LogP contribution in [0, 0.1) is 17.1 Å². The van der Waals surface area contributed by atoms with Crippen LogP contribution in [-0.2, 0) is 6.42 Å². The Hall–Kier alpha value is -3.63. The number of benzene rings is 2. The van der Waals surface area contributed by atoms with Crippen molar-refractivity contribution in [3.63, 3.8) is 0 Å². The number of nitriles is 1. The van der Waals surface area contributed by atoms with Gasteiger partial charge in [0, 0.05) is 31.5 Å². The molecule has 156 valence electrons. The van der Waals surface area contributed by atoms with Gasteiger partial charge in [0.05, 0.1) is 28.0 Å². The van der Waals surface area contributed by atoms with Gasteiger partial charge in [0.25, 0.3) is 0 Å². The summed E-state index contributed by atoms with van der Waals surface area (Å²) in [6.07, 6.45) is 3.50. The number of halogens is 2. The summed E-state index contributed by atoms with van der Waals surface area (Å²) in [7, 11) is 1.58. The first kappa shape index (κ1) is 20.6. The van der Waals surface area contributed by atoms with Crippen molar-refractivity contribution in [1.82, 2.24) is 4.98 Å². The molecular weight excluding hydrogens is 417 g/mol. The molecule has 3 aromatic rings. The van der Waals surface area contributed by atoms with E-state index >= 15 is 0 Å². The molecule has 0 unspecified atom stereocenters. The van der Waals surface area contributed by atoms with Crippen LogP contribution in [0.25, 0.3) is 0 Å². The lowest BCUT2D eigenvalue weighted by atomic mass is 9.99. The molecule has 4 rings (SSSR count). The minimum absolute atomic E-state index is 0.0655. The molecule has 2 amide bonds. The number of carbonyl (C=O) groups is 1. The zero-order valence-electron chi connectivity index (χ0n) is 16.8. The van der Waals surface area contributed by atoms with Gasteiger partial charge in [0.1, 0.15) is 11.6 Å². The molecule has 6 nitrogen and oxygen atoms in total. The summed E-state index contributed by atoms with van der Waals surface area (Å²) in [6, 6.07) is 15.0. The van der Waals surface area contributed by atoms with Crippen LogP contribution >= 0.6 is 11.6 Å². The van der Waals surface area contributed by atoms with E-state index in [0.717, 1.165) is 30.6 Å². The summed E-state index contributed by atoms with van der Waals surface area (Å²) in [5.74, 6) is 0.0556. The van der Waals surface area contributed by atoms with Crippen LogP contribution < -0.4 is 15.1 Å². The number of carbonyl (C=O) groups excluding carboxylic acids is 1. The maximum absolute atomic E-state index is 14.0. The minimum Gasteiger partial charge on any atom is -0.326 e. The smallest absolute Gasteiger partial charge is 0.326 e. The number of urea groups is 1. The maximum atomic E-state index is 14.0. The van der Waals surface area contributed by atoms with Crippen LogP contribution in [0.2, 0.25) is 5.02 Å². The number of nitrogens with zero attached hydrogens (tertiary/aromatic N) is 4. The van der Waals surface area contributed by atoms with Crippen molar-refractivity contribution in [2.24, 2.45) is 0 Å². The molecule has 31 heavy (non-hydrogen) atoms. The largest absolute Gasteiger partial charge is 0.326 e. The molecule has 0 spiro atoms. The Morgan fingerprint density at radius 1 is 1.29 bits per heavy atom. The lowest BCUT2D eigenvalue weighted by molar-refractivity contribution is 0.258. The van der Waals surface area contributed by atoms with Crippen LogP contribution in [0.5, 0.6) is 0 Å². The summed E-state index contributed by atoms with van der Waals surface area (Å²) in [6.45, 7) is 0.749. The molecule has 2 aromatic carbocycles. The molecule has 0 fully saturated rings. The van der Waals surface area contributed by atoms with Gasteiger partial charge in [0.2, 0.25) is 0 Å². The Morgan fingerprint density at radius 3 is 2.90 bits per heavy atom. The first-order chi connectivity index (χ1) is 15.0. The molecule has 2 heterocycles. The van der Waals surface area contributed by atoms with E-state index in [9.17, 15) is 14.4 Å². The highest BCUT2D eigenvalue weighted by Crippen LogP contribution is 2.34. The number of anilines is 4. The molecular formula is C23H19ClFN5O. The van der Waals surface area contributed by atoms with Gasteiger partial charge in [-0.05, 0) is 48.7 Å². The van der Waals surface area contributed by atoms with Crippen LogP contribution in [0.3, 0.4) is 0 Å². The average molecular weight is 436 g/mol. The number of hydrogen-bond donors (Lipinski definition) is 1. The summed E-state index contributed by atoms with van der Waals surface area (Å²) >= 11 is 6.01. The van der Waals surface area contributed by atoms with Gasteiger partial charge in [-0.1, -0.05) is 23.7 Å². The second-order valence-corrected chi connectivity index (χ2v) is 7.58. The van der Waals surface area contributed by atoms with Crippen LogP contribution in [0.1, 0.15) is 17.5 Å². The normalized spacial score (nSPS) is 12.6. The van der Waals surface area contributed by atoms with E-state index in [2.05, 4.69) is 16.4 Å². The van der Waals surface area contributed by atoms with E-state index in [1.54, 1.807) is 25.4 Å². The lowest BCUT2D eigenvalue weighted by Crippen LogP contribution is -2.32. The number of aryl methyl sites for hydroxylation is 1. The molecule has 0 atom stereocenters. The minimum atomic E-state index is -0.608. The van der Waals surface area contributed by atoms with Gasteiger partial charge in [-0.25, -0.2) is 14.2 Å². The highest BCUT2D eigenvalue weighted by atomic mass is 35.5. The Bertz CT molecular complexity index is 1170. The third-order valence-corrected chi connectivity index (χ3v) is 5.54. The first-order valence-electron chi connectivity index (χ1n) is 9.73. The standard InChI is InChI=1S/C23H19ClFN5O/c1-29(23(31)28-22-18(24)5-2-6-19(22)25)17-9-10-27-21(13-17)30-11-3-4-16-8-7-15(14-26)12-20(16)30/h2,5-10,12-13H,3-4,11H2,1H3,(H,28,31). The maximum Gasteiger partial charge on any atom is 0.326 e. The van der Waals surface area contributed by atoms with Crippen molar-refractivity contribution < 1.29 is 9.18 Å².